The standard InChI is InChI=1S/C13H13BrN2O2S/c1-17-7-9-6-12(19)16-13(15-9)8-3-4-11(18-2)10(14)5-8/h3-6H,7H2,1-2H3,(H,15,16,19). The molecule has 0 aliphatic heterocycles. The summed E-state index contributed by atoms with van der Waals surface area (Å²) in [6.07, 6.45) is 0. The molecule has 6 heteroatoms. The van der Waals surface area contributed by atoms with Crippen molar-refractivity contribution < 1.29 is 9.47 Å². The van der Waals surface area contributed by atoms with Crippen molar-refractivity contribution in [2.45, 2.75) is 6.61 Å². The molecule has 4 nitrogen and oxygen atoms in total. The number of aromatic amines is 1. The fourth-order valence-electron chi connectivity index (χ4n) is 1.69. The van der Waals surface area contributed by atoms with Crippen LogP contribution in [-0.4, -0.2) is 24.2 Å². The maximum absolute atomic E-state index is 5.20. The molecule has 0 aliphatic carbocycles. The van der Waals surface area contributed by atoms with Crippen LogP contribution in [0.1, 0.15) is 5.69 Å². The number of H-pyrrole nitrogens is 1. The molecular formula is C13H13BrN2O2S. The first-order chi connectivity index (χ1) is 9.13. The number of hydrogen-bond acceptors (Lipinski definition) is 4. The van der Waals surface area contributed by atoms with Crippen LogP contribution in [0.15, 0.2) is 28.7 Å². The predicted octanol–water partition coefficient (Wildman–Crippen LogP) is 3.72. The maximum Gasteiger partial charge on any atom is 0.139 e. The van der Waals surface area contributed by atoms with Crippen molar-refractivity contribution >= 4 is 28.1 Å². The molecule has 1 N–H and O–H groups in total. The van der Waals surface area contributed by atoms with Crippen LogP contribution in [0.3, 0.4) is 0 Å². The molecule has 0 atom stereocenters. The van der Waals surface area contributed by atoms with Gasteiger partial charge in [0.25, 0.3) is 0 Å². The van der Waals surface area contributed by atoms with Gasteiger partial charge in [0.1, 0.15) is 16.2 Å². The van der Waals surface area contributed by atoms with Gasteiger partial charge in [0.15, 0.2) is 0 Å². The second-order valence-electron chi connectivity index (χ2n) is 3.88. The van der Waals surface area contributed by atoms with E-state index in [0.717, 1.165) is 21.5 Å². The molecular weight excluding hydrogens is 328 g/mol. The number of ether oxygens (including phenoxy) is 2. The van der Waals surface area contributed by atoms with E-state index >= 15 is 0 Å². The second kappa shape index (κ2) is 6.27. The second-order valence-corrected chi connectivity index (χ2v) is 5.15. The van der Waals surface area contributed by atoms with E-state index in [1.54, 1.807) is 20.3 Å². The molecule has 1 aromatic heterocycles. The Morgan fingerprint density at radius 2 is 2.11 bits per heavy atom. The number of nitrogens with zero attached hydrogens (tertiary/aromatic N) is 1. The first-order valence-electron chi connectivity index (χ1n) is 5.57. The molecule has 0 saturated carbocycles. The SMILES string of the molecule is COCc1cc(=S)nc(-c2ccc(OC)c(Br)c2)[nH]1. The highest BCUT2D eigenvalue weighted by Gasteiger charge is 2.06. The zero-order valence-corrected chi connectivity index (χ0v) is 13.0. The molecule has 0 aliphatic rings. The smallest absolute Gasteiger partial charge is 0.139 e. The Morgan fingerprint density at radius 3 is 2.74 bits per heavy atom. The van der Waals surface area contributed by atoms with Gasteiger partial charge < -0.3 is 14.5 Å². The van der Waals surface area contributed by atoms with E-state index < -0.39 is 0 Å². The van der Waals surface area contributed by atoms with E-state index in [9.17, 15) is 0 Å². The molecule has 0 fully saturated rings. The Balaban J connectivity index is 2.46. The normalized spacial score (nSPS) is 10.5. The van der Waals surface area contributed by atoms with Gasteiger partial charge in [-0.15, -0.1) is 0 Å². The average molecular weight is 341 g/mol. The Morgan fingerprint density at radius 1 is 1.32 bits per heavy atom. The molecule has 0 saturated heterocycles. The fourth-order valence-corrected chi connectivity index (χ4v) is 2.47. The minimum atomic E-state index is 0.469. The molecule has 100 valence electrons. The van der Waals surface area contributed by atoms with Gasteiger partial charge in [0, 0.05) is 18.4 Å². The minimum absolute atomic E-state index is 0.469. The number of benzene rings is 1. The van der Waals surface area contributed by atoms with Crippen LogP contribution in [0.5, 0.6) is 5.75 Å². The van der Waals surface area contributed by atoms with Crippen molar-refractivity contribution in [3.63, 3.8) is 0 Å². The summed E-state index contributed by atoms with van der Waals surface area (Å²) in [6, 6.07) is 7.53. The van der Waals surface area contributed by atoms with Gasteiger partial charge in [0.05, 0.1) is 18.2 Å². The minimum Gasteiger partial charge on any atom is -0.496 e. The molecule has 0 amide bonds. The summed E-state index contributed by atoms with van der Waals surface area (Å²) in [5.41, 5.74) is 1.82. The first kappa shape index (κ1) is 14.2. The third-order valence-corrected chi connectivity index (χ3v) is 3.35. The number of halogens is 1. The Labute approximate surface area is 124 Å². The van der Waals surface area contributed by atoms with Gasteiger partial charge in [-0.25, -0.2) is 4.98 Å². The molecule has 0 unspecified atom stereocenters. The fraction of sp³-hybridized carbons (Fsp3) is 0.231. The van der Waals surface area contributed by atoms with Crippen molar-refractivity contribution in [1.82, 2.24) is 9.97 Å². The number of nitrogens with one attached hydrogen (secondary N) is 1. The van der Waals surface area contributed by atoms with Crippen molar-refractivity contribution in [2.75, 3.05) is 14.2 Å². The summed E-state index contributed by atoms with van der Waals surface area (Å²) < 4.78 is 11.7. The van der Waals surface area contributed by atoms with Crippen LogP contribution in [0.25, 0.3) is 11.4 Å². The van der Waals surface area contributed by atoms with Crippen molar-refractivity contribution in [2.24, 2.45) is 0 Å². The zero-order chi connectivity index (χ0) is 13.8. The summed E-state index contributed by atoms with van der Waals surface area (Å²) in [5.74, 6) is 1.48. The van der Waals surface area contributed by atoms with E-state index in [1.807, 2.05) is 18.2 Å². The van der Waals surface area contributed by atoms with Crippen LogP contribution in [0.4, 0.5) is 0 Å². The molecule has 0 radical (unpaired) electrons. The lowest BCUT2D eigenvalue weighted by atomic mass is 10.2. The number of hydrogen-bond donors (Lipinski definition) is 1. The highest BCUT2D eigenvalue weighted by molar-refractivity contribution is 9.10. The third-order valence-electron chi connectivity index (χ3n) is 2.52. The monoisotopic (exact) mass is 340 g/mol. The quantitative estimate of drug-likeness (QED) is 0.861. The number of methoxy groups -OCH3 is 2. The molecule has 2 aromatic rings. The van der Waals surface area contributed by atoms with E-state index in [-0.39, 0.29) is 0 Å². The Hall–Kier alpha value is -1.24. The van der Waals surface area contributed by atoms with Crippen molar-refractivity contribution in [3.05, 3.63) is 39.1 Å². The molecule has 1 aromatic carbocycles. The lowest BCUT2D eigenvalue weighted by Crippen LogP contribution is -1.97. The molecule has 0 bridgehead atoms. The Bertz CT molecular complexity index is 643. The van der Waals surface area contributed by atoms with Gasteiger partial charge >= 0.3 is 0 Å². The summed E-state index contributed by atoms with van der Waals surface area (Å²) in [4.78, 5) is 7.53. The largest absolute Gasteiger partial charge is 0.496 e. The lowest BCUT2D eigenvalue weighted by Gasteiger charge is -2.08. The summed E-state index contributed by atoms with van der Waals surface area (Å²) >= 11 is 8.61. The molecule has 0 spiro atoms. The van der Waals surface area contributed by atoms with E-state index in [1.165, 1.54) is 0 Å². The average Bonchev–Trinajstić information content (AvgIpc) is 2.38. The van der Waals surface area contributed by atoms with Crippen LogP contribution in [0, 0.1) is 4.64 Å². The van der Waals surface area contributed by atoms with Crippen molar-refractivity contribution in [1.29, 1.82) is 0 Å². The summed E-state index contributed by atoms with van der Waals surface area (Å²) in [7, 11) is 3.27. The van der Waals surface area contributed by atoms with Gasteiger partial charge in [-0.05, 0) is 40.2 Å². The molecule has 19 heavy (non-hydrogen) atoms. The lowest BCUT2D eigenvalue weighted by molar-refractivity contribution is 0.181. The zero-order valence-electron chi connectivity index (χ0n) is 10.6. The van der Waals surface area contributed by atoms with Crippen LogP contribution in [-0.2, 0) is 11.3 Å². The highest BCUT2D eigenvalue weighted by Crippen LogP contribution is 2.29. The van der Waals surface area contributed by atoms with Crippen LogP contribution in [0.2, 0.25) is 0 Å². The highest BCUT2D eigenvalue weighted by atomic mass is 79.9. The number of rotatable bonds is 4. The molecule has 1 heterocycles. The van der Waals surface area contributed by atoms with E-state index in [2.05, 4.69) is 25.9 Å². The van der Waals surface area contributed by atoms with Gasteiger partial charge in [-0.3, -0.25) is 0 Å². The van der Waals surface area contributed by atoms with Crippen LogP contribution < -0.4 is 4.74 Å². The predicted molar refractivity (Wildman–Crippen MR) is 79.8 cm³/mol. The third kappa shape index (κ3) is 3.40. The maximum atomic E-state index is 5.20. The van der Waals surface area contributed by atoms with Gasteiger partial charge in [-0.2, -0.15) is 0 Å². The summed E-state index contributed by atoms with van der Waals surface area (Å²) in [5, 5.41) is 0. The number of aromatic nitrogens is 2. The molecule has 2 rings (SSSR count). The van der Waals surface area contributed by atoms with Gasteiger partial charge in [-0.1, -0.05) is 12.2 Å². The summed E-state index contributed by atoms with van der Waals surface area (Å²) in [6.45, 7) is 0.469. The van der Waals surface area contributed by atoms with E-state index in [4.69, 9.17) is 21.7 Å². The van der Waals surface area contributed by atoms with E-state index in [0.29, 0.717) is 17.1 Å². The van der Waals surface area contributed by atoms with Gasteiger partial charge in [0.2, 0.25) is 0 Å². The Kier molecular flexibility index (Phi) is 4.68. The topological polar surface area (TPSA) is 47.1 Å². The van der Waals surface area contributed by atoms with Crippen molar-refractivity contribution in [3.8, 4) is 17.1 Å². The van der Waals surface area contributed by atoms with Crippen LogP contribution >= 0.6 is 28.1 Å². The first-order valence-corrected chi connectivity index (χ1v) is 6.77.